The van der Waals surface area contributed by atoms with Crippen molar-refractivity contribution >= 4 is 13.1 Å². The summed E-state index contributed by atoms with van der Waals surface area (Å²) in [7, 11) is 2.68. The van der Waals surface area contributed by atoms with Crippen molar-refractivity contribution in [2.75, 3.05) is 14.1 Å². The molecule has 0 unspecified atom stereocenters. The molecule has 5 nitrogen and oxygen atoms in total. The van der Waals surface area contributed by atoms with Gasteiger partial charge in [0, 0.05) is 6.04 Å². The normalized spacial score (nSPS) is 28.6. The van der Waals surface area contributed by atoms with Crippen molar-refractivity contribution in [3.05, 3.63) is 0 Å². The van der Waals surface area contributed by atoms with E-state index in [1.807, 2.05) is 14.1 Å². The summed E-state index contributed by atoms with van der Waals surface area (Å²) in [5.74, 6) is -0.833. The molecule has 1 rings (SSSR count). The molecule has 0 aromatic heterocycles. The van der Waals surface area contributed by atoms with E-state index in [9.17, 15) is 9.90 Å². The van der Waals surface area contributed by atoms with E-state index in [-0.39, 0.29) is 11.8 Å². The van der Waals surface area contributed by atoms with Gasteiger partial charge in [-0.15, -0.1) is 0 Å². The maximum Gasteiger partial charge on any atom is 0.451 e. The molecule has 1 fully saturated rings. The zero-order valence-electron chi connectivity index (χ0n) is 10.5. The van der Waals surface area contributed by atoms with Gasteiger partial charge in [-0.25, -0.2) is 0 Å². The van der Waals surface area contributed by atoms with Gasteiger partial charge in [-0.3, -0.25) is 4.79 Å². The van der Waals surface area contributed by atoms with Gasteiger partial charge in [0.25, 0.3) is 0 Å². The Bertz CT molecular complexity index is 260. The summed E-state index contributed by atoms with van der Waals surface area (Å²) in [5.41, 5.74) is 0. The molecule has 98 valence electrons. The lowest BCUT2D eigenvalue weighted by molar-refractivity contribution is -0.143. The summed E-state index contributed by atoms with van der Waals surface area (Å²) >= 11 is 0. The Morgan fingerprint density at radius 2 is 2.00 bits per heavy atom. The van der Waals surface area contributed by atoms with Gasteiger partial charge in [0.2, 0.25) is 0 Å². The summed E-state index contributed by atoms with van der Waals surface area (Å²) in [6.45, 7) is 0. The van der Waals surface area contributed by atoms with Crippen molar-refractivity contribution in [1.29, 1.82) is 0 Å². The van der Waals surface area contributed by atoms with E-state index in [0.717, 1.165) is 12.8 Å². The minimum Gasteiger partial charge on any atom is -0.481 e. The van der Waals surface area contributed by atoms with Gasteiger partial charge in [0.05, 0.1) is 5.92 Å². The maximum atomic E-state index is 11.2. The van der Waals surface area contributed by atoms with E-state index in [1.165, 1.54) is 0 Å². The standard InChI is InChI=1S/C11H22BNO4/c1-13(2)9-6-8(4-3-5-12(16)17)10(7-9)11(14)15/h8-10,16-17H,3-7H2,1-2H3,(H,14,15)/t8-,9-,10+/m0/s1. The molecule has 1 aliphatic carbocycles. The second-order valence-electron chi connectivity index (χ2n) is 5.21. The molecule has 3 N–H and O–H groups in total. The Hall–Kier alpha value is -0.585. The Labute approximate surface area is 103 Å². The average molecular weight is 243 g/mol. The molecule has 3 atom stereocenters. The zero-order valence-corrected chi connectivity index (χ0v) is 10.5. The molecule has 1 aliphatic rings. The molecule has 0 amide bonds. The number of aliphatic carboxylic acids is 1. The second-order valence-corrected chi connectivity index (χ2v) is 5.21. The van der Waals surface area contributed by atoms with Gasteiger partial charge in [-0.05, 0) is 39.2 Å². The molecule has 0 aliphatic heterocycles. The van der Waals surface area contributed by atoms with Crippen LogP contribution in [-0.4, -0.2) is 53.3 Å². The molecule has 6 heteroatoms. The van der Waals surface area contributed by atoms with Crippen molar-refractivity contribution in [3.63, 3.8) is 0 Å². The molecule has 0 bridgehead atoms. The van der Waals surface area contributed by atoms with Crippen LogP contribution in [-0.2, 0) is 4.79 Å². The van der Waals surface area contributed by atoms with E-state index in [0.29, 0.717) is 25.2 Å². The molecule has 0 aromatic rings. The van der Waals surface area contributed by atoms with Crippen LogP contribution < -0.4 is 0 Å². The summed E-state index contributed by atoms with van der Waals surface area (Å²) in [6.07, 6.45) is 3.36. The first-order chi connectivity index (χ1) is 7.91. The topological polar surface area (TPSA) is 81.0 Å². The van der Waals surface area contributed by atoms with Crippen molar-refractivity contribution in [3.8, 4) is 0 Å². The molecule has 0 radical (unpaired) electrons. The molecular formula is C11H22BNO4. The first-order valence-corrected chi connectivity index (χ1v) is 6.17. The van der Waals surface area contributed by atoms with E-state index in [4.69, 9.17) is 10.0 Å². The zero-order chi connectivity index (χ0) is 13.0. The number of hydrogen-bond donors (Lipinski definition) is 3. The summed E-state index contributed by atoms with van der Waals surface area (Å²) in [4.78, 5) is 13.2. The quantitative estimate of drug-likeness (QED) is 0.584. The monoisotopic (exact) mass is 243 g/mol. The van der Waals surface area contributed by atoms with Crippen molar-refractivity contribution < 1.29 is 19.9 Å². The fraction of sp³-hybridized carbons (Fsp3) is 0.909. The van der Waals surface area contributed by atoms with E-state index < -0.39 is 13.1 Å². The van der Waals surface area contributed by atoms with Crippen LogP contribution in [0.3, 0.4) is 0 Å². The number of rotatable bonds is 6. The van der Waals surface area contributed by atoms with Crippen LogP contribution in [0.5, 0.6) is 0 Å². The first-order valence-electron chi connectivity index (χ1n) is 6.17. The van der Waals surface area contributed by atoms with Gasteiger partial charge in [0.1, 0.15) is 0 Å². The third kappa shape index (κ3) is 4.29. The van der Waals surface area contributed by atoms with Gasteiger partial charge >= 0.3 is 13.1 Å². The molecule has 0 saturated heterocycles. The van der Waals surface area contributed by atoms with Crippen LogP contribution >= 0.6 is 0 Å². The van der Waals surface area contributed by atoms with Crippen molar-refractivity contribution in [2.45, 2.75) is 38.0 Å². The lowest BCUT2D eigenvalue weighted by atomic mass is 9.80. The predicted octanol–water partition coefficient (Wildman–Crippen LogP) is 0.280. The second kappa shape index (κ2) is 6.38. The SMILES string of the molecule is CN(C)[C@H]1C[C@H](CCCB(O)O)[C@H](C(=O)O)C1. The third-order valence-corrected chi connectivity index (χ3v) is 3.75. The maximum absolute atomic E-state index is 11.2. The van der Waals surface area contributed by atoms with Crippen LogP contribution in [0.4, 0.5) is 0 Å². The number of hydrogen-bond acceptors (Lipinski definition) is 4. The summed E-state index contributed by atoms with van der Waals surface area (Å²) in [6, 6.07) is 0.333. The minimum absolute atomic E-state index is 0.165. The van der Waals surface area contributed by atoms with Crippen LogP contribution in [0, 0.1) is 11.8 Å². The molecule has 0 aromatic carbocycles. The molecular weight excluding hydrogens is 221 g/mol. The Kier molecular flexibility index (Phi) is 5.43. The fourth-order valence-corrected chi connectivity index (χ4v) is 2.70. The smallest absolute Gasteiger partial charge is 0.451 e. The molecule has 0 heterocycles. The van der Waals surface area contributed by atoms with Gasteiger partial charge in [-0.2, -0.15) is 0 Å². The summed E-state index contributed by atoms with van der Waals surface area (Å²) < 4.78 is 0. The molecule has 1 saturated carbocycles. The lowest BCUT2D eigenvalue weighted by Gasteiger charge is -2.18. The summed E-state index contributed by atoms with van der Waals surface area (Å²) in [5, 5.41) is 26.7. The lowest BCUT2D eigenvalue weighted by Crippen LogP contribution is -2.25. The largest absolute Gasteiger partial charge is 0.481 e. The highest BCUT2D eigenvalue weighted by atomic mass is 16.4. The van der Waals surface area contributed by atoms with E-state index >= 15 is 0 Å². The van der Waals surface area contributed by atoms with Crippen LogP contribution in [0.25, 0.3) is 0 Å². The predicted molar refractivity (Wildman–Crippen MR) is 65.6 cm³/mol. The number of carboxylic acids is 1. The molecule has 17 heavy (non-hydrogen) atoms. The van der Waals surface area contributed by atoms with Crippen LogP contribution in [0.15, 0.2) is 0 Å². The number of carboxylic acid groups (broad SMARTS) is 1. The van der Waals surface area contributed by atoms with Crippen LogP contribution in [0.2, 0.25) is 6.32 Å². The first kappa shape index (κ1) is 14.5. The highest BCUT2D eigenvalue weighted by Gasteiger charge is 2.39. The van der Waals surface area contributed by atoms with Gasteiger partial charge in [-0.1, -0.05) is 12.8 Å². The highest BCUT2D eigenvalue weighted by molar-refractivity contribution is 6.40. The Balaban J connectivity index is 2.47. The minimum atomic E-state index is -1.27. The van der Waals surface area contributed by atoms with Gasteiger partial charge in [0.15, 0.2) is 0 Å². The molecule has 0 spiro atoms. The Morgan fingerprint density at radius 1 is 1.35 bits per heavy atom. The van der Waals surface area contributed by atoms with Crippen molar-refractivity contribution in [1.82, 2.24) is 4.90 Å². The number of nitrogens with zero attached hydrogens (tertiary/aromatic N) is 1. The third-order valence-electron chi connectivity index (χ3n) is 3.75. The van der Waals surface area contributed by atoms with Gasteiger partial charge < -0.3 is 20.1 Å². The fourth-order valence-electron chi connectivity index (χ4n) is 2.70. The van der Waals surface area contributed by atoms with Crippen molar-refractivity contribution in [2.24, 2.45) is 11.8 Å². The highest BCUT2D eigenvalue weighted by Crippen LogP contribution is 2.37. The van der Waals surface area contributed by atoms with E-state index in [1.54, 1.807) is 0 Å². The Morgan fingerprint density at radius 3 is 2.47 bits per heavy atom. The number of carbonyl (C=O) groups is 1. The van der Waals surface area contributed by atoms with Crippen LogP contribution in [0.1, 0.15) is 25.7 Å². The average Bonchev–Trinajstić information content (AvgIpc) is 2.61. The van der Waals surface area contributed by atoms with E-state index in [2.05, 4.69) is 4.90 Å².